The van der Waals surface area contributed by atoms with Crippen LogP contribution in [-0.4, -0.2) is 75.0 Å². The lowest BCUT2D eigenvalue weighted by Gasteiger charge is -2.44. The van der Waals surface area contributed by atoms with Gasteiger partial charge in [-0.05, 0) is 50.1 Å². The molecule has 2 aliphatic heterocycles. The molecule has 0 spiro atoms. The number of hydrogen-bond donors (Lipinski definition) is 3. The first-order chi connectivity index (χ1) is 17.3. The van der Waals surface area contributed by atoms with E-state index in [1.807, 2.05) is 11.8 Å². The topological polar surface area (TPSA) is 82.1 Å². The van der Waals surface area contributed by atoms with Gasteiger partial charge in [0.05, 0.1) is 24.2 Å². The summed E-state index contributed by atoms with van der Waals surface area (Å²) in [6, 6.07) is 12.2. The molecule has 4 rings (SSSR count). The van der Waals surface area contributed by atoms with Gasteiger partial charge in [0, 0.05) is 42.3 Å². The second kappa shape index (κ2) is 10.7. The van der Waals surface area contributed by atoms with Gasteiger partial charge >= 0.3 is 6.18 Å². The molecule has 2 fully saturated rings. The van der Waals surface area contributed by atoms with Crippen LogP contribution in [0, 0.1) is 0 Å². The van der Waals surface area contributed by atoms with Crippen molar-refractivity contribution in [2.45, 2.75) is 60.0 Å². The Bertz CT molecular complexity index is 1190. The van der Waals surface area contributed by atoms with Gasteiger partial charge in [-0.15, -0.1) is 12.6 Å². The molecule has 0 aliphatic carbocycles. The van der Waals surface area contributed by atoms with Crippen LogP contribution in [0.3, 0.4) is 0 Å². The highest BCUT2D eigenvalue weighted by Gasteiger charge is 2.51. The Morgan fingerprint density at radius 2 is 1.78 bits per heavy atom. The predicted octanol–water partition coefficient (Wildman–Crippen LogP) is 3.39. The molecule has 0 aromatic heterocycles. The van der Waals surface area contributed by atoms with E-state index in [0.29, 0.717) is 36.8 Å². The molecule has 7 nitrogen and oxygen atoms in total. The molecule has 2 aromatic carbocycles. The smallest absolute Gasteiger partial charge is 0.378 e. The second-order valence-electron chi connectivity index (χ2n) is 9.83. The molecule has 2 N–H and O–H groups in total. The Morgan fingerprint density at radius 3 is 2.35 bits per heavy atom. The summed E-state index contributed by atoms with van der Waals surface area (Å²) >= 11 is 4.33. The van der Waals surface area contributed by atoms with Crippen molar-refractivity contribution in [3.63, 3.8) is 0 Å². The summed E-state index contributed by atoms with van der Waals surface area (Å²) in [5, 5.41) is 13.5. The van der Waals surface area contributed by atoms with Gasteiger partial charge in [0.2, 0.25) is 10.0 Å². The lowest BCUT2D eigenvalue weighted by atomic mass is 9.94. The minimum absolute atomic E-state index is 0.0476. The zero-order chi connectivity index (χ0) is 27.0. The van der Waals surface area contributed by atoms with Crippen molar-refractivity contribution in [3.8, 4) is 0 Å². The summed E-state index contributed by atoms with van der Waals surface area (Å²) < 4.78 is 73.5. The van der Waals surface area contributed by atoms with Crippen LogP contribution in [-0.2, 0) is 20.4 Å². The molecule has 0 amide bonds. The molecule has 3 atom stereocenters. The number of piperazine rings is 1. The van der Waals surface area contributed by atoms with Gasteiger partial charge in [-0.2, -0.15) is 17.5 Å². The third-order valence-electron chi connectivity index (χ3n) is 7.03. The van der Waals surface area contributed by atoms with E-state index in [4.69, 9.17) is 4.74 Å². The summed E-state index contributed by atoms with van der Waals surface area (Å²) in [6.07, 6.45) is -4.21. The molecule has 204 valence electrons. The number of rotatable bonds is 8. The van der Waals surface area contributed by atoms with Crippen LogP contribution in [0.1, 0.15) is 25.8 Å². The summed E-state index contributed by atoms with van der Waals surface area (Å²) in [6.45, 7) is 4.77. The fourth-order valence-electron chi connectivity index (χ4n) is 4.75. The van der Waals surface area contributed by atoms with Gasteiger partial charge < -0.3 is 20.1 Å². The SMILES string of the molecule is CC(C[C@H]1CN(S(=O)(=O)c2ccccc2S)CCN1c1ccc(C(C)(O)C(F)(F)F)cc1)NC1COC1. The molecule has 2 heterocycles. The van der Waals surface area contributed by atoms with Crippen LogP contribution >= 0.6 is 12.6 Å². The highest BCUT2D eigenvalue weighted by Crippen LogP contribution is 2.39. The molecule has 2 saturated heterocycles. The Labute approximate surface area is 221 Å². The lowest BCUT2D eigenvalue weighted by Crippen LogP contribution is -2.57. The summed E-state index contributed by atoms with van der Waals surface area (Å²) in [5.74, 6) is 0. The average molecular weight is 560 g/mol. The van der Waals surface area contributed by atoms with E-state index in [-0.39, 0.29) is 41.7 Å². The quantitative estimate of drug-likeness (QED) is 0.431. The number of anilines is 1. The number of nitrogens with one attached hydrogen (secondary N) is 1. The number of ether oxygens (including phenoxy) is 1. The number of thiol groups is 1. The lowest BCUT2D eigenvalue weighted by molar-refractivity contribution is -0.258. The first-order valence-electron chi connectivity index (χ1n) is 12.1. The number of sulfonamides is 1. The van der Waals surface area contributed by atoms with E-state index in [0.717, 1.165) is 6.92 Å². The number of halogens is 3. The minimum Gasteiger partial charge on any atom is -0.378 e. The highest BCUT2D eigenvalue weighted by molar-refractivity contribution is 7.90. The van der Waals surface area contributed by atoms with Crippen LogP contribution in [0.2, 0.25) is 0 Å². The van der Waals surface area contributed by atoms with E-state index < -0.39 is 21.8 Å². The van der Waals surface area contributed by atoms with Crippen molar-refractivity contribution in [3.05, 3.63) is 54.1 Å². The monoisotopic (exact) mass is 559 g/mol. The first kappa shape index (κ1) is 28.2. The van der Waals surface area contributed by atoms with Gasteiger partial charge in [-0.1, -0.05) is 24.3 Å². The number of alkyl halides is 3. The molecular formula is C25H32F3N3O4S2. The Morgan fingerprint density at radius 1 is 1.14 bits per heavy atom. The van der Waals surface area contributed by atoms with Crippen molar-refractivity contribution >= 4 is 28.3 Å². The van der Waals surface area contributed by atoms with Gasteiger partial charge in [0.1, 0.15) is 0 Å². The van der Waals surface area contributed by atoms with Crippen LogP contribution in [0.5, 0.6) is 0 Å². The van der Waals surface area contributed by atoms with Gasteiger partial charge in [-0.25, -0.2) is 8.42 Å². The summed E-state index contributed by atoms with van der Waals surface area (Å²) in [4.78, 5) is 2.54. The van der Waals surface area contributed by atoms with Crippen molar-refractivity contribution in [2.24, 2.45) is 0 Å². The maximum atomic E-state index is 13.5. The van der Waals surface area contributed by atoms with Crippen molar-refractivity contribution < 1.29 is 31.4 Å². The van der Waals surface area contributed by atoms with Gasteiger partial charge in [0.25, 0.3) is 0 Å². The third-order valence-corrected chi connectivity index (χ3v) is 9.49. The Hall–Kier alpha value is -1.83. The van der Waals surface area contributed by atoms with Crippen molar-refractivity contribution in [1.82, 2.24) is 9.62 Å². The van der Waals surface area contributed by atoms with Gasteiger partial charge in [0.15, 0.2) is 5.60 Å². The molecule has 0 radical (unpaired) electrons. The fourth-order valence-corrected chi connectivity index (χ4v) is 6.81. The zero-order valence-corrected chi connectivity index (χ0v) is 22.4. The molecular weight excluding hydrogens is 527 g/mol. The van der Waals surface area contributed by atoms with Crippen LogP contribution < -0.4 is 10.2 Å². The summed E-state index contributed by atoms with van der Waals surface area (Å²) in [5.41, 5.74) is -2.56. The maximum absolute atomic E-state index is 13.5. The normalized spacial score (nSPS) is 22.4. The largest absolute Gasteiger partial charge is 0.421 e. The minimum atomic E-state index is -4.81. The van der Waals surface area contributed by atoms with E-state index in [2.05, 4.69) is 17.9 Å². The molecule has 2 aromatic rings. The zero-order valence-electron chi connectivity index (χ0n) is 20.6. The fraction of sp³-hybridized carbons (Fsp3) is 0.520. The second-order valence-corrected chi connectivity index (χ2v) is 12.2. The number of aliphatic hydroxyl groups is 1. The highest BCUT2D eigenvalue weighted by atomic mass is 32.2. The predicted molar refractivity (Wildman–Crippen MR) is 137 cm³/mol. The molecule has 37 heavy (non-hydrogen) atoms. The van der Waals surface area contributed by atoms with Crippen LogP contribution in [0.25, 0.3) is 0 Å². The van der Waals surface area contributed by atoms with E-state index >= 15 is 0 Å². The molecule has 0 saturated carbocycles. The molecule has 12 heteroatoms. The van der Waals surface area contributed by atoms with Crippen LogP contribution in [0.4, 0.5) is 18.9 Å². The Balaban J connectivity index is 1.58. The van der Waals surface area contributed by atoms with Crippen molar-refractivity contribution in [2.75, 3.05) is 37.7 Å². The standard InChI is InChI=1S/C25H32F3N3O4S2/c1-17(29-19-15-35-16-19)13-21-14-30(37(33,34)23-6-4-3-5-22(23)36)11-12-31(21)20-9-7-18(8-10-20)24(2,32)25(26,27)28/h3-10,17,19,21,29,32,36H,11-16H2,1-2H3/t17?,21-,24?/m0/s1. The van der Waals surface area contributed by atoms with Gasteiger partial charge in [-0.3, -0.25) is 0 Å². The average Bonchev–Trinajstić information content (AvgIpc) is 2.81. The molecule has 0 bridgehead atoms. The van der Waals surface area contributed by atoms with E-state index in [1.54, 1.807) is 30.3 Å². The first-order valence-corrected chi connectivity index (χ1v) is 14.0. The van der Waals surface area contributed by atoms with Crippen LogP contribution in [0.15, 0.2) is 58.3 Å². The van der Waals surface area contributed by atoms with E-state index in [1.165, 1.54) is 22.5 Å². The summed E-state index contributed by atoms with van der Waals surface area (Å²) in [7, 11) is -3.79. The molecule has 2 unspecified atom stereocenters. The Kier molecular flexibility index (Phi) is 8.18. The molecule has 2 aliphatic rings. The maximum Gasteiger partial charge on any atom is 0.421 e. The number of nitrogens with zero attached hydrogens (tertiary/aromatic N) is 2. The van der Waals surface area contributed by atoms with Crippen molar-refractivity contribution in [1.29, 1.82) is 0 Å². The number of hydrogen-bond acceptors (Lipinski definition) is 7. The van der Waals surface area contributed by atoms with E-state index in [9.17, 15) is 26.7 Å². The number of benzene rings is 2. The third kappa shape index (κ3) is 5.94.